The molecule has 0 amide bonds. The predicted octanol–water partition coefficient (Wildman–Crippen LogP) is 4.17. The monoisotopic (exact) mass is 354 g/mol. The molecule has 136 valence electrons. The van der Waals surface area contributed by atoms with E-state index in [1.54, 1.807) is 27.5 Å². The molecule has 0 fully saturated rings. The van der Waals surface area contributed by atoms with Gasteiger partial charge in [0, 0.05) is 11.1 Å². The van der Waals surface area contributed by atoms with E-state index in [0.717, 1.165) is 28.1 Å². The van der Waals surface area contributed by atoms with Crippen molar-refractivity contribution >= 4 is 0 Å². The number of nitrogens with zero attached hydrogens (tertiary/aromatic N) is 1. The summed E-state index contributed by atoms with van der Waals surface area (Å²) in [6, 6.07) is 11.7. The van der Waals surface area contributed by atoms with Crippen molar-refractivity contribution in [1.82, 2.24) is 10.2 Å². The second-order valence-corrected chi connectivity index (χ2v) is 5.53. The van der Waals surface area contributed by atoms with Gasteiger partial charge in [-0.3, -0.25) is 5.10 Å². The molecule has 0 aliphatic carbocycles. The molecule has 0 saturated carbocycles. The minimum Gasteiger partial charge on any atom is -0.494 e. The molecular weight excluding hydrogens is 332 g/mol. The predicted molar refractivity (Wildman–Crippen MR) is 100 cm³/mol. The average Bonchev–Trinajstić information content (AvgIpc) is 3.17. The number of hydrogen-bond donors (Lipinski definition) is 1. The highest BCUT2D eigenvalue weighted by atomic mass is 16.5. The van der Waals surface area contributed by atoms with Gasteiger partial charge in [0.15, 0.2) is 11.5 Å². The molecule has 0 unspecified atom stereocenters. The molecule has 0 spiro atoms. The molecule has 6 heteroatoms. The van der Waals surface area contributed by atoms with Crippen LogP contribution in [-0.4, -0.2) is 38.1 Å². The Morgan fingerprint density at radius 2 is 1.54 bits per heavy atom. The number of aromatic amines is 1. The average molecular weight is 354 g/mol. The zero-order valence-electron chi connectivity index (χ0n) is 15.3. The number of rotatable bonds is 7. The second kappa shape index (κ2) is 7.82. The number of benzene rings is 2. The van der Waals surface area contributed by atoms with Gasteiger partial charge in [0.1, 0.15) is 5.75 Å². The lowest BCUT2D eigenvalue weighted by Gasteiger charge is -2.14. The zero-order valence-corrected chi connectivity index (χ0v) is 15.3. The van der Waals surface area contributed by atoms with Crippen molar-refractivity contribution in [3.05, 3.63) is 42.6 Å². The lowest BCUT2D eigenvalue weighted by atomic mass is 10.0. The summed E-state index contributed by atoms with van der Waals surface area (Å²) >= 11 is 0. The first-order chi connectivity index (χ1) is 12.7. The van der Waals surface area contributed by atoms with Crippen molar-refractivity contribution in [2.75, 3.05) is 27.9 Å². The van der Waals surface area contributed by atoms with E-state index in [1.165, 1.54) is 0 Å². The number of hydrogen-bond acceptors (Lipinski definition) is 5. The number of aromatic nitrogens is 2. The quantitative estimate of drug-likeness (QED) is 0.690. The molecule has 6 nitrogen and oxygen atoms in total. The molecule has 3 aromatic rings. The van der Waals surface area contributed by atoms with Gasteiger partial charge in [-0.1, -0.05) is 12.1 Å². The van der Waals surface area contributed by atoms with E-state index in [9.17, 15) is 0 Å². The van der Waals surface area contributed by atoms with Crippen LogP contribution >= 0.6 is 0 Å². The Morgan fingerprint density at radius 1 is 0.885 bits per heavy atom. The van der Waals surface area contributed by atoms with E-state index in [1.807, 2.05) is 43.3 Å². The van der Waals surface area contributed by atoms with Crippen LogP contribution in [0.15, 0.2) is 42.6 Å². The summed E-state index contributed by atoms with van der Waals surface area (Å²) in [5.41, 5.74) is 3.77. The van der Waals surface area contributed by atoms with Crippen LogP contribution in [0.5, 0.6) is 23.0 Å². The van der Waals surface area contributed by atoms with Gasteiger partial charge in [0.25, 0.3) is 0 Å². The summed E-state index contributed by atoms with van der Waals surface area (Å²) in [4.78, 5) is 0. The van der Waals surface area contributed by atoms with E-state index in [4.69, 9.17) is 18.9 Å². The van der Waals surface area contributed by atoms with Crippen molar-refractivity contribution in [3.63, 3.8) is 0 Å². The summed E-state index contributed by atoms with van der Waals surface area (Å²) in [7, 11) is 4.78. The van der Waals surface area contributed by atoms with Crippen LogP contribution in [0, 0.1) is 0 Å². The summed E-state index contributed by atoms with van der Waals surface area (Å²) in [5, 5.41) is 7.29. The van der Waals surface area contributed by atoms with Crippen LogP contribution in [-0.2, 0) is 0 Å². The highest BCUT2D eigenvalue weighted by Gasteiger charge is 2.17. The van der Waals surface area contributed by atoms with Gasteiger partial charge in [-0.25, -0.2) is 0 Å². The Kier molecular flexibility index (Phi) is 5.31. The molecule has 0 radical (unpaired) electrons. The Balaban J connectivity index is 2.05. The number of methoxy groups -OCH3 is 3. The fraction of sp³-hybridized carbons (Fsp3) is 0.250. The van der Waals surface area contributed by atoms with Crippen LogP contribution in [0.2, 0.25) is 0 Å². The largest absolute Gasteiger partial charge is 0.494 e. The van der Waals surface area contributed by atoms with Crippen LogP contribution in [0.1, 0.15) is 6.92 Å². The van der Waals surface area contributed by atoms with Crippen LogP contribution in [0.25, 0.3) is 22.4 Å². The first-order valence-electron chi connectivity index (χ1n) is 8.28. The third kappa shape index (κ3) is 3.31. The molecule has 0 aliphatic rings. The summed E-state index contributed by atoms with van der Waals surface area (Å²) in [6.07, 6.45) is 1.80. The molecule has 3 rings (SSSR count). The molecule has 1 N–H and O–H groups in total. The maximum absolute atomic E-state index is 5.51. The molecule has 1 heterocycles. The van der Waals surface area contributed by atoms with Crippen LogP contribution < -0.4 is 18.9 Å². The normalized spacial score (nSPS) is 10.5. The van der Waals surface area contributed by atoms with Crippen molar-refractivity contribution in [2.24, 2.45) is 0 Å². The third-order valence-corrected chi connectivity index (χ3v) is 4.07. The van der Waals surface area contributed by atoms with E-state index in [2.05, 4.69) is 10.2 Å². The Morgan fingerprint density at radius 3 is 2.08 bits per heavy atom. The number of ether oxygens (including phenoxy) is 4. The Hall–Kier alpha value is -3.15. The molecule has 0 bridgehead atoms. The molecular formula is C20H22N2O4. The SMILES string of the molecule is CCOc1ccc(-c2cn[nH]c2-c2cc(OC)c(OC)c(OC)c2)cc1. The molecule has 0 atom stereocenters. The first kappa shape index (κ1) is 17.7. The van der Waals surface area contributed by atoms with Gasteiger partial charge in [-0.2, -0.15) is 5.10 Å². The standard InChI is InChI=1S/C20H22N2O4/c1-5-26-15-8-6-13(7-9-15)16-12-21-22-19(16)14-10-17(23-2)20(25-4)18(11-14)24-3/h6-12H,5H2,1-4H3,(H,21,22). The van der Waals surface area contributed by atoms with E-state index >= 15 is 0 Å². The lowest BCUT2D eigenvalue weighted by Crippen LogP contribution is -1.96. The highest BCUT2D eigenvalue weighted by Crippen LogP contribution is 2.42. The van der Waals surface area contributed by atoms with E-state index in [-0.39, 0.29) is 0 Å². The topological polar surface area (TPSA) is 65.6 Å². The maximum Gasteiger partial charge on any atom is 0.203 e. The van der Waals surface area contributed by atoms with E-state index < -0.39 is 0 Å². The van der Waals surface area contributed by atoms with Crippen molar-refractivity contribution in [1.29, 1.82) is 0 Å². The van der Waals surface area contributed by atoms with Crippen LogP contribution in [0.3, 0.4) is 0 Å². The highest BCUT2D eigenvalue weighted by molar-refractivity contribution is 5.82. The van der Waals surface area contributed by atoms with Gasteiger partial charge >= 0.3 is 0 Å². The van der Waals surface area contributed by atoms with Crippen LogP contribution in [0.4, 0.5) is 0 Å². The van der Waals surface area contributed by atoms with Gasteiger partial charge in [-0.15, -0.1) is 0 Å². The lowest BCUT2D eigenvalue weighted by molar-refractivity contribution is 0.324. The summed E-state index contributed by atoms with van der Waals surface area (Å²) in [5.74, 6) is 2.58. The van der Waals surface area contributed by atoms with Gasteiger partial charge in [0.05, 0.1) is 39.8 Å². The summed E-state index contributed by atoms with van der Waals surface area (Å²) < 4.78 is 21.8. The minimum absolute atomic E-state index is 0.556. The maximum atomic E-state index is 5.51. The Labute approximate surface area is 152 Å². The smallest absolute Gasteiger partial charge is 0.203 e. The Bertz CT molecular complexity index is 847. The zero-order chi connectivity index (χ0) is 18.5. The second-order valence-electron chi connectivity index (χ2n) is 5.53. The van der Waals surface area contributed by atoms with Crippen molar-refractivity contribution < 1.29 is 18.9 Å². The minimum atomic E-state index is 0.556. The molecule has 1 aromatic heterocycles. The fourth-order valence-corrected chi connectivity index (χ4v) is 2.85. The number of H-pyrrole nitrogens is 1. The van der Waals surface area contributed by atoms with Gasteiger partial charge in [-0.05, 0) is 36.8 Å². The molecule has 2 aromatic carbocycles. The summed E-state index contributed by atoms with van der Waals surface area (Å²) in [6.45, 7) is 2.61. The van der Waals surface area contributed by atoms with Gasteiger partial charge in [0.2, 0.25) is 5.75 Å². The third-order valence-electron chi connectivity index (χ3n) is 4.07. The molecule has 0 aliphatic heterocycles. The molecule has 26 heavy (non-hydrogen) atoms. The molecule has 0 saturated heterocycles. The van der Waals surface area contributed by atoms with Gasteiger partial charge < -0.3 is 18.9 Å². The van der Waals surface area contributed by atoms with Crippen molar-refractivity contribution in [2.45, 2.75) is 6.92 Å². The number of nitrogens with one attached hydrogen (secondary N) is 1. The first-order valence-corrected chi connectivity index (χ1v) is 8.28. The fourth-order valence-electron chi connectivity index (χ4n) is 2.85. The van der Waals surface area contributed by atoms with Crippen molar-refractivity contribution in [3.8, 4) is 45.4 Å². The van der Waals surface area contributed by atoms with E-state index in [0.29, 0.717) is 23.9 Å².